The van der Waals surface area contributed by atoms with Crippen LogP contribution < -0.4 is 5.32 Å². The molecule has 2 unspecified atom stereocenters. The van der Waals surface area contributed by atoms with Gasteiger partial charge < -0.3 is 5.32 Å². The topological polar surface area (TPSA) is 12.0 Å². The minimum absolute atomic E-state index is 0.422. The Morgan fingerprint density at radius 2 is 1.71 bits per heavy atom. The first-order valence-corrected chi connectivity index (χ1v) is 6.96. The minimum Gasteiger partial charge on any atom is -0.310 e. The number of nitrogens with one attached hydrogen (secondary N) is 1. The SMILES string of the molecule is CCC(C)C(C)NCc1c(Cl)ccc(Cl)c1Cl. The monoisotopic (exact) mass is 293 g/mol. The highest BCUT2D eigenvalue weighted by Gasteiger charge is 2.13. The summed E-state index contributed by atoms with van der Waals surface area (Å²) in [5.74, 6) is 0.617. The van der Waals surface area contributed by atoms with Crippen molar-refractivity contribution in [3.05, 3.63) is 32.8 Å². The summed E-state index contributed by atoms with van der Waals surface area (Å²) in [7, 11) is 0. The van der Waals surface area contributed by atoms with Gasteiger partial charge in [0.25, 0.3) is 0 Å². The summed E-state index contributed by atoms with van der Waals surface area (Å²) < 4.78 is 0. The Morgan fingerprint density at radius 1 is 1.12 bits per heavy atom. The van der Waals surface area contributed by atoms with Crippen LogP contribution >= 0.6 is 34.8 Å². The van der Waals surface area contributed by atoms with E-state index >= 15 is 0 Å². The van der Waals surface area contributed by atoms with E-state index in [1.54, 1.807) is 12.1 Å². The summed E-state index contributed by atoms with van der Waals surface area (Å²) in [5.41, 5.74) is 0.871. The first-order chi connectivity index (χ1) is 7.97. The molecule has 0 spiro atoms. The van der Waals surface area contributed by atoms with Crippen LogP contribution in [0, 0.1) is 5.92 Å². The highest BCUT2D eigenvalue weighted by molar-refractivity contribution is 6.44. The van der Waals surface area contributed by atoms with E-state index in [9.17, 15) is 0 Å². The van der Waals surface area contributed by atoms with Crippen molar-refractivity contribution in [3.63, 3.8) is 0 Å². The Balaban J connectivity index is 2.72. The summed E-state index contributed by atoms with van der Waals surface area (Å²) in [4.78, 5) is 0. The number of hydrogen-bond acceptors (Lipinski definition) is 1. The zero-order chi connectivity index (χ0) is 13.0. The van der Waals surface area contributed by atoms with Crippen LogP contribution in [0.3, 0.4) is 0 Å². The fourth-order valence-corrected chi connectivity index (χ4v) is 2.23. The van der Waals surface area contributed by atoms with Gasteiger partial charge in [0.1, 0.15) is 0 Å². The molecule has 1 aromatic carbocycles. The second-order valence-electron chi connectivity index (χ2n) is 4.38. The van der Waals surface area contributed by atoms with Gasteiger partial charge in [-0.2, -0.15) is 0 Å². The molecule has 4 heteroatoms. The molecule has 1 N–H and O–H groups in total. The third-order valence-corrected chi connectivity index (χ3v) is 4.43. The lowest BCUT2D eigenvalue weighted by atomic mass is 10.0. The molecule has 0 saturated carbocycles. The maximum Gasteiger partial charge on any atom is 0.0652 e. The van der Waals surface area contributed by atoms with Crippen molar-refractivity contribution >= 4 is 34.8 Å². The molecule has 0 aliphatic carbocycles. The van der Waals surface area contributed by atoms with Crippen molar-refractivity contribution in [1.82, 2.24) is 5.32 Å². The molecule has 0 aliphatic rings. The van der Waals surface area contributed by atoms with Gasteiger partial charge in [0.05, 0.1) is 10.0 Å². The number of hydrogen-bond donors (Lipinski definition) is 1. The Hall–Kier alpha value is 0.0500. The molecule has 2 atom stereocenters. The normalized spacial score (nSPS) is 14.7. The molecule has 0 aliphatic heterocycles. The average molecular weight is 295 g/mol. The second-order valence-corrected chi connectivity index (χ2v) is 5.57. The average Bonchev–Trinajstić information content (AvgIpc) is 2.32. The molecule has 0 heterocycles. The predicted octanol–water partition coefficient (Wildman–Crippen LogP) is 5.17. The van der Waals surface area contributed by atoms with Crippen LogP contribution in [0.5, 0.6) is 0 Å². The molecular formula is C13H18Cl3N. The number of benzene rings is 1. The lowest BCUT2D eigenvalue weighted by Crippen LogP contribution is -2.31. The number of halogens is 3. The Morgan fingerprint density at radius 3 is 2.29 bits per heavy atom. The van der Waals surface area contributed by atoms with Crippen LogP contribution in [0.4, 0.5) is 0 Å². The van der Waals surface area contributed by atoms with Crippen molar-refractivity contribution in [2.24, 2.45) is 5.92 Å². The minimum atomic E-state index is 0.422. The van der Waals surface area contributed by atoms with Gasteiger partial charge in [-0.3, -0.25) is 0 Å². The fraction of sp³-hybridized carbons (Fsp3) is 0.538. The van der Waals surface area contributed by atoms with E-state index < -0.39 is 0 Å². The summed E-state index contributed by atoms with van der Waals surface area (Å²) in [6, 6.07) is 3.92. The summed E-state index contributed by atoms with van der Waals surface area (Å²) >= 11 is 18.2. The van der Waals surface area contributed by atoms with Crippen LogP contribution in [0.15, 0.2) is 12.1 Å². The first kappa shape index (κ1) is 15.1. The van der Waals surface area contributed by atoms with E-state index in [4.69, 9.17) is 34.8 Å². The van der Waals surface area contributed by atoms with E-state index in [1.165, 1.54) is 0 Å². The molecule has 0 saturated heterocycles. The molecule has 0 fully saturated rings. The maximum atomic E-state index is 6.14. The van der Waals surface area contributed by atoms with E-state index in [2.05, 4.69) is 26.1 Å². The Bertz CT molecular complexity index is 379. The van der Waals surface area contributed by atoms with Crippen LogP contribution in [-0.4, -0.2) is 6.04 Å². The number of rotatable bonds is 5. The van der Waals surface area contributed by atoms with E-state index in [-0.39, 0.29) is 0 Å². The largest absolute Gasteiger partial charge is 0.310 e. The Kier molecular flexibility index (Phi) is 6.08. The van der Waals surface area contributed by atoms with Crippen LogP contribution in [0.2, 0.25) is 15.1 Å². The van der Waals surface area contributed by atoms with Crippen molar-refractivity contribution in [3.8, 4) is 0 Å². The molecule has 0 bridgehead atoms. The predicted molar refractivity (Wildman–Crippen MR) is 77.2 cm³/mol. The molecule has 1 rings (SSSR count). The molecular weight excluding hydrogens is 277 g/mol. The van der Waals surface area contributed by atoms with Gasteiger partial charge in [-0.15, -0.1) is 0 Å². The van der Waals surface area contributed by atoms with Gasteiger partial charge in [0.2, 0.25) is 0 Å². The van der Waals surface area contributed by atoms with Crippen LogP contribution in [0.1, 0.15) is 32.8 Å². The maximum absolute atomic E-state index is 6.14. The highest BCUT2D eigenvalue weighted by atomic mass is 35.5. The molecule has 1 nitrogen and oxygen atoms in total. The van der Waals surface area contributed by atoms with Crippen LogP contribution in [-0.2, 0) is 6.54 Å². The van der Waals surface area contributed by atoms with Gasteiger partial charge in [0, 0.05) is 23.2 Å². The van der Waals surface area contributed by atoms with Gasteiger partial charge in [-0.05, 0) is 25.0 Å². The standard InChI is InChI=1S/C13H18Cl3N/c1-4-8(2)9(3)17-7-10-11(14)5-6-12(15)13(10)16/h5-6,8-9,17H,4,7H2,1-3H3. The van der Waals surface area contributed by atoms with Crippen molar-refractivity contribution in [2.45, 2.75) is 39.8 Å². The molecule has 1 aromatic rings. The zero-order valence-corrected chi connectivity index (χ0v) is 12.6. The summed E-state index contributed by atoms with van der Waals surface area (Å²) in [6.07, 6.45) is 1.14. The smallest absolute Gasteiger partial charge is 0.0652 e. The van der Waals surface area contributed by atoms with E-state index in [0.29, 0.717) is 33.6 Å². The fourth-order valence-electron chi connectivity index (χ4n) is 1.55. The third-order valence-electron chi connectivity index (χ3n) is 3.24. The van der Waals surface area contributed by atoms with Gasteiger partial charge >= 0.3 is 0 Å². The van der Waals surface area contributed by atoms with Crippen molar-refractivity contribution in [2.75, 3.05) is 0 Å². The molecule has 96 valence electrons. The molecule has 17 heavy (non-hydrogen) atoms. The molecule has 0 aromatic heterocycles. The lowest BCUT2D eigenvalue weighted by molar-refractivity contribution is 0.389. The zero-order valence-electron chi connectivity index (χ0n) is 10.4. The van der Waals surface area contributed by atoms with E-state index in [0.717, 1.165) is 12.0 Å². The van der Waals surface area contributed by atoms with E-state index in [1.807, 2.05) is 0 Å². The first-order valence-electron chi connectivity index (χ1n) is 5.83. The summed E-state index contributed by atoms with van der Waals surface area (Å²) in [5, 5.41) is 5.18. The van der Waals surface area contributed by atoms with Gasteiger partial charge in [-0.1, -0.05) is 55.1 Å². The van der Waals surface area contributed by atoms with Gasteiger partial charge in [-0.25, -0.2) is 0 Å². The van der Waals surface area contributed by atoms with Crippen LogP contribution in [0.25, 0.3) is 0 Å². The van der Waals surface area contributed by atoms with Gasteiger partial charge in [0.15, 0.2) is 0 Å². The van der Waals surface area contributed by atoms with Crippen molar-refractivity contribution < 1.29 is 0 Å². The Labute approximate surface area is 118 Å². The quantitative estimate of drug-likeness (QED) is 0.739. The second kappa shape index (κ2) is 6.84. The van der Waals surface area contributed by atoms with Crippen molar-refractivity contribution in [1.29, 1.82) is 0 Å². The molecule has 0 radical (unpaired) electrons. The third kappa shape index (κ3) is 4.03. The molecule has 0 amide bonds. The summed E-state index contributed by atoms with van der Waals surface area (Å²) in [6.45, 7) is 7.21. The lowest BCUT2D eigenvalue weighted by Gasteiger charge is -2.20. The highest BCUT2D eigenvalue weighted by Crippen LogP contribution is 2.31.